The van der Waals surface area contributed by atoms with Crippen LogP contribution < -0.4 is 16.0 Å². The maximum Gasteiger partial charge on any atom is 0.119 e. The van der Waals surface area contributed by atoms with Crippen molar-refractivity contribution in [2.75, 3.05) is 19.6 Å². The van der Waals surface area contributed by atoms with Crippen LogP contribution in [-0.4, -0.2) is 19.2 Å². The molecular formula is C13H17N3O2. The van der Waals surface area contributed by atoms with Gasteiger partial charge in [-0.1, -0.05) is 0 Å². The van der Waals surface area contributed by atoms with Crippen LogP contribution in [-0.2, 0) is 11.3 Å². The summed E-state index contributed by atoms with van der Waals surface area (Å²) in [5, 5.41) is 0.939. The number of nitrogens with zero attached hydrogens (tertiary/aromatic N) is 1. The third-order valence-corrected chi connectivity index (χ3v) is 2.81. The van der Waals surface area contributed by atoms with Gasteiger partial charge < -0.3 is 14.9 Å². The first-order valence-corrected chi connectivity index (χ1v) is 5.63. The van der Waals surface area contributed by atoms with Crippen molar-refractivity contribution in [2.24, 2.45) is 5.84 Å². The number of aryl methyl sites for hydroxylation is 1. The lowest BCUT2D eigenvalue weighted by Gasteiger charge is -2.12. The summed E-state index contributed by atoms with van der Waals surface area (Å²) in [6.07, 6.45) is 0. The molecule has 0 atom stereocenters. The van der Waals surface area contributed by atoms with Gasteiger partial charge in [0.05, 0.1) is 30.6 Å². The van der Waals surface area contributed by atoms with Gasteiger partial charge in [-0.25, -0.2) is 4.98 Å². The molecule has 2 aromatic rings. The molecule has 0 unspecified atom stereocenters. The van der Waals surface area contributed by atoms with E-state index in [9.17, 15) is 0 Å². The fourth-order valence-electron chi connectivity index (χ4n) is 1.98. The van der Waals surface area contributed by atoms with E-state index in [-0.39, 0.29) is 0 Å². The molecule has 0 aliphatic rings. The maximum absolute atomic E-state index is 5.56. The highest BCUT2D eigenvalue weighted by Gasteiger charge is 2.09. The average Bonchev–Trinajstić information content (AvgIpc) is 2.38. The Labute approximate surface area is 106 Å². The zero-order chi connectivity index (χ0) is 13.1. The summed E-state index contributed by atoms with van der Waals surface area (Å²) < 4.78 is 10.4. The van der Waals surface area contributed by atoms with E-state index in [0.717, 1.165) is 33.6 Å². The Kier molecular flexibility index (Phi) is 3.64. The lowest BCUT2D eigenvalue weighted by molar-refractivity contribution is 0.182. The monoisotopic (exact) mass is 247 g/mol. The number of hydrogen-bond acceptors (Lipinski definition) is 5. The molecule has 0 fully saturated rings. The van der Waals surface area contributed by atoms with Gasteiger partial charge in [0.1, 0.15) is 5.75 Å². The summed E-state index contributed by atoms with van der Waals surface area (Å²) in [6.45, 7) is 2.45. The fourth-order valence-corrected chi connectivity index (χ4v) is 1.98. The van der Waals surface area contributed by atoms with Gasteiger partial charge in [0.25, 0.3) is 0 Å². The second kappa shape index (κ2) is 5.20. The molecule has 0 saturated heterocycles. The minimum Gasteiger partial charge on any atom is -0.497 e. The number of fused-ring (bicyclic) bond motifs is 1. The number of hydrogen-bond donors (Lipinski definition) is 2. The van der Waals surface area contributed by atoms with Crippen LogP contribution in [0.5, 0.6) is 5.75 Å². The van der Waals surface area contributed by atoms with E-state index in [0.29, 0.717) is 6.61 Å². The molecule has 1 aromatic heterocycles. The van der Waals surface area contributed by atoms with Crippen LogP contribution in [0.15, 0.2) is 18.2 Å². The van der Waals surface area contributed by atoms with Crippen LogP contribution in [0.1, 0.15) is 11.3 Å². The van der Waals surface area contributed by atoms with E-state index in [1.165, 1.54) is 0 Å². The van der Waals surface area contributed by atoms with Crippen LogP contribution >= 0.6 is 0 Å². The third-order valence-electron chi connectivity index (χ3n) is 2.81. The highest BCUT2D eigenvalue weighted by Crippen LogP contribution is 2.29. The van der Waals surface area contributed by atoms with Crippen molar-refractivity contribution in [1.82, 2.24) is 4.98 Å². The van der Waals surface area contributed by atoms with Crippen molar-refractivity contribution in [3.8, 4) is 5.75 Å². The van der Waals surface area contributed by atoms with E-state index in [1.807, 2.05) is 25.1 Å². The van der Waals surface area contributed by atoms with E-state index >= 15 is 0 Å². The van der Waals surface area contributed by atoms with Crippen LogP contribution in [0.2, 0.25) is 0 Å². The number of nitrogens with two attached hydrogens (primary N) is 1. The first-order chi connectivity index (χ1) is 8.69. The number of anilines is 1. The molecular weight excluding hydrogens is 230 g/mol. The molecule has 96 valence electrons. The summed E-state index contributed by atoms with van der Waals surface area (Å²) >= 11 is 0. The van der Waals surface area contributed by atoms with Crippen molar-refractivity contribution < 1.29 is 9.47 Å². The number of nitrogens with one attached hydrogen (secondary N) is 1. The highest BCUT2D eigenvalue weighted by atomic mass is 16.5. The van der Waals surface area contributed by atoms with Crippen molar-refractivity contribution >= 4 is 16.6 Å². The molecule has 0 aliphatic heterocycles. The van der Waals surface area contributed by atoms with E-state index in [1.54, 1.807) is 14.2 Å². The van der Waals surface area contributed by atoms with Gasteiger partial charge in [-0.05, 0) is 30.7 Å². The number of benzene rings is 1. The Balaban J connectivity index is 2.70. The van der Waals surface area contributed by atoms with Crippen LogP contribution in [0.4, 0.5) is 5.69 Å². The Morgan fingerprint density at radius 2 is 2.06 bits per heavy atom. The normalized spacial score (nSPS) is 10.7. The molecule has 0 amide bonds. The molecule has 1 heterocycles. The van der Waals surface area contributed by atoms with E-state index in [4.69, 9.17) is 15.3 Å². The van der Waals surface area contributed by atoms with Crippen molar-refractivity contribution in [1.29, 1.82) is 0 Å². The maximum atomic E-state index is 5.56. The molecule has 0 spiro atoms. The van der Waals surface area contributed by atoms with Gasteiger partial charge in [-0.2, -0.15) is 0 Å². The number of methoxy groups -OCH3 is 2. The topological polar surface area (TPSA) is 69.4 Å². The van der Waals surface area contributed by atoms with Crippen LogP contribution in [0, 0.1) is 6.92 Å². The Hall–Kier alpha value is -1.85. The zero-order valence-electron chi connectivity index (χ0n) is 10.8. The molecule has 0 saturated carbocycles. The predicted molar refractivity (Wildman–Crippen MR) is 71.6 cm³/mol. The second-order valence-corrected chi connectivity index (χ2v) is 4.08. The van der Waals surface area contributed by atoms with Gasteiger partial charge in [0, 0.05) is 12.5 Å². The second-order valence-electron chi connectivity index (χ2n) is 4.08. The molecule has 2 rings (SSSR count). The van der Waals surface area contributed by atoms with Crippen LogP contribution in [0.3, 0.4) is 0 Å². The van der Waals surface area contributed by atoms with Crippen LogP contribution in [0.25, 0.3) is 10.9 Å². The summed E-state index contributed by atoms with van der Waals surface area (Å²) in [5.41, 5.74) is 6.29. The number of pyridine rings is 1. The Bertz CT molecular complexity index is 570. The molecule has 0 bridgehead atoms. The van der Waals surface area contributed by atoms with Gasteiger partial charge in [-0.3, -0.25) is 5.84 Å². The minimum atomic E-state index is 0.454. The number of nitrogen functional groups attached to an aromatic ring is 1. The van der Waals surface area contributed by atoms with Gasteiger partial charge in [0.2, 0.25) is 0 Å². The highest BCUT2D eigenvalue weighted by molar-refractivity contribution is 5.94. The summed E-state index contributed by atoms with van der Waals surface area (Å²) in [5.74, 6) is 6.35. The van der Waals surface area contributed by atoms with Crippen molar-refractivity contribution in [3.05, 3.63) is 29.5 Å². The SMILES string of the molecule is COCc1cc(NN)c2cc(OC)cc(C)c2n1. The number of aromatic nitrogens is 1. The lowest BCUT2D eigenvalue weighted by atomic mass is 10.1. The van der Waals surface area contributed by atoms with Gasteiger partial charge in [-0.15, -0.1) is 0 Å². The Morgan fingerprint density at radius 1 is 1.28 bits per heavy atom. The molecule has 5 nitrogen and oxygen atoms in total. The summed E-state index contributed by atoms with van der Waals surface area (Å²) in [7, 11) is 3.28. The molecule has 3 N–H and O–H groups in total. The Morgan fingerprint density at radius 3 is 2.67 bits per heavy atom. The number of rotatable bonds is 4. The fraction of sp³-hybridized carbons (Fsp3) is 0.308. The number of hydrazine groups is 1. The molecule has 0 aliphatic carbocycles. The van der Waals surface area contributed by atoms with E-state index < -0.39 is 0 Å². The molecule has 18 heavy (non-hydrogen) atoms. The van der Waals surface area contributed by atoms with E-state index in [2.05, 4.69) is 10.4 Å². The molecule has 0 radical (unpaired) electrons. The smallest absolute Gasteiger partial charge is 0.119 e. The summed E-state index contributed by atoms with van der Waals surface area (Å²) in [4.78, 5) is 4.57. The standard InChI is InChI=1S/C13H17N3O2/c1-8-4-10(18-3)6-11-12(16-14)5-9(7-17-2)15-13(8)11/h4-6H,7,14H2,1-3H3,(H,15,16). The number of ether oxygens (including phenoxy) is 2. The first kappa shape index (κ1) is 12.6. The van der Waals surface area contributed by atoms with Gasteiger partial charge in [0.15, 0.2) is 0 Å². The predicted octanol–water partition coefficient (Wildman–Crippen LogP) is 1.98. The molecule has 1 aromatic carbocycles. The largest absolute Gasteiger partial charge is 0.497 e. The summed E-state index contributed by atoms with van der Waals surface area (Å²) in [6, 6.07) is 5.75. The molecule has 5 heteroatoms. The minimum absolute atomic E-state index is 0.454. The first-order valence-electron chi connectivity index (χ1n) is 5.63. The quantitative estimate of drug-likeness (QED) is 0.638. The van der Waals surface area contributed by atoms with Crippen molar-refractivity contribution in [2.45, 2.75) is 13.5 Å². The third kappa shape index (κ3) is 2.23. The average molecular weight is 247 g/mol. The lowest BCUT2D eigenvalue weighted by Crippen LogP contribution is -2.09. The van der Waals surface area contributed by atoms with Crippen molar-refractivity contribution in [3.63, 3.8) is 0 Å². The van der Waals surface area contributed by atoms with Gasteiger partial charge >= 0.3 is 0 Å². The zero-order valence-corrected chi connectivity index (χ0v) is 10.8.